The average Bonchev–Trinajstić information content (AvgIpc) is 2.52. The van der Waals surface area contributed by atoms with Gasteiger partial charge in [0.1, 0.15) is 11.6 Å². The Bertz CT molecular complexity index is 636. The number of rotatable bonds is 6. The molecule has 0 atom stereocenters. The molecule has 0 aromatic heterocycles. The van der Waals surface area contributed by atoms with E-state index < -0.39 is 5.54 Å². The summed E-state index contributed by atoms with van der Waals surface area (Å²) in [5.41, 5.74) is 7.85. The minimum Gasteiger partial charge on any atom is -0.508 e. The first-order chi connectivity index (χ1) is 10.5. The van der Waals surface area contributed by atoms with E-state index in [1.54, 1.807) is 12.1 Å². The van der Waals surface area contributed by atoms with Crippen molar-refractivity contribution in [3.8, 4) is 5.75 Å². The minimum absolute atomic E-state index is 0.267. The van der Waals surface area contributed by atoms with Crippen molar-refractivity contribution in [2.24, 2.45) is 10.7 Å². The summed E-state index contributed by atoms with van der Waals surface area (Å²) in [6, 6.07) is 17.2. The van der Waals surface area contributed by atoms with Gasteiger partial charge in [0.05, 0.1) is 12.1 Å². The Kier molecular flexibility index (Phi) is 5.17. The number of benzene rings is 2. The largest absolute Gasteiger partial charge is 0.508 e. The van der Waals surface area contributed by atoms with Crippen LogP contribution in [0.25, 0.3) is 0 Å². The fraction of sp³-hybridized carbons (Fsp3) is 0.278. The first kappa shape index (κ1) is 16.0. The highest BCUT2D eigenvalue weighted by molar-refractivity contribution is 5.89. The number of aliphatic imine (C=N–C) groups is 1. The maximum absolute atomic E-state index is 9.49. The molecule has 0 saturated heterocycles. The van der Waals surface area contributed by atoms with Gasteiger partial charge in [0, 0.05) is 6.54 Å². The number of nitrogens with zero attached hydrogens (tertiary/aromatic N) is 1. The summed E-state index contributed by atoms with van der Waals surface area (Å²) in [4.78, 5) is 4.48. The molecule has 4 heteroatoms. The summed E-state index contributed by atoms with van der Waals surface area (Å²) < 4.78 is 0. The normalized spacial score (nSPS) is 12.4. The van der Waals surface area contributed by atoms with E-state index in [-0.39, 0.29) is 5.75 Å². The molecular formula is C18H23N3O. The Balaban J connectivity index is 1.96. The van der Waals surface area contributed by atoms with Gasteiger partial charge in [-0.05, 0) is 37.1 Å². The third kappa shape index (κ3) is 4.60. The Morgan fingerprint density at radius 1 is 1.09 bits per heavy atom. The molecule has 0 unspecified atom stereocenters. The van der Waals surface area contributed by atoms with Gasteiger partial charge in [-0.3, -0.25) is 4.99 Å². The van der Waals surface area contributed by atoms with Crippen LogP contribution in [-0.4, -0.2) is 16.5 Å². The molecule has 0 radical (unpaired) electrons. The SMILES string of the molecule is CC(C)(NCc1cccc(O)c1)C(N)=NCc1ccccc1. The van der Waals surface area contributed by atoms with E-state index in [0.29, 0.717) is 18.9 Å². The molecule has 4 N–H and O–H groups in total. The fourth-order valence-electron chi connectivity index (χ4n) is 2.04. The first-order valence-corrected chi connectivity index (χ1v) is 7.34. The molecule has 116 valence electrons. The third-order valence-electron chi connectivity index (χ3n) is 3.56. The molecule has 0 spiro atoms. The highest BCUT2D eigenvalue weighted by Gasteiger charge is 2.21. The molecule has 2 aromatic carbocycles. The van der Waals surface area contributed by atoms with Crippen LogP contribution in [0.4, 0.5) is 0 Å². The van der Waals surface area contributed by atoms with E-state index in [0.717, 1.165) is 11.1 Å². The second-order valence-electron chi connectivity index (χ2n) is 5.84. The number of amidine groups is 1. The van der Waals surface area contributed by atoms with Crippen molar-refractivity contribution in [2.75, 3.05) is 0 Å². The van der Waals surface area contributed by atoms with Crippen LogP contribution in [-0.2, 0) is 13.1 Å². The van der Waals surface area contributed by atoms with Crippen molar-refractivity contribution in [3.05, 3.63) is 65.7 Å². The van der Waals surface area contributed by atoms with E-state index in [4.69, 9.17) is 5.73 Å². The third-order valence-corrected chi connectivity index (χ3v) is 3.56. The predicted molar refractivity (Wildman–Crippen MR) is 90.8 cm³/mol. The monoisotopic (exact) mass is 297 g/mol. The number of nitrogens with two attached hydrogens (primary N) is 1. The maximum Gasteiger partial charge on any atom is 0.115 e. The van der Waals surface area contributed by atoms with Gasteiger partial charge in [-0.15, -0.1) is 0 Å². The van der Waals surface area contributed by atoms with Gasteiger partial charge < -0.3 is 16.2 Å². The van der Waals surface area contributed by atoms with Crippen LogP contribution in [0.5, 0.6) is 5.75 Å². The van der Waals surface area contributed by atoms with Crippen LogP contribution in [0.3, 0.4) is 0 Å². The number of phenolic OH excluding ortho intramolecular Hbond substituents is 1. The first-order valence-electron chi connectivity index (χ1n) is 7.34. The van der Waals surface area contributed by atoms with Crippen molar-refractivity contribution in [3.63, 3.8) is 0 Å². The minimum atomic E-state index is -0.416. The van der Waals surface area contributed by atoms with Crippen molar-refractivity contribution in [1.29, 1.82) is 0 Å². The molecule has 4 nitrogen and oxygen atoms in total. The van der Waals surface area contributed by atoms with Crippen LogP contribution in [0.2, 0.25) is 0 Å². The Labute approximate surface area is 131 Å². The summed E-state index contributed by atoms with van der Waals surface area (Å²) in [5.74, 6) is 0.833. The van der Waals surface area contributed by atoms with Gasteiger partial charge in [-0.25, -0.2) is 0 Å². The number of nitrogens with one attached hydrogen (secondary N) is 1. The zero-order valence-electron chi connectivity index (χ0n) is 13.1. The van der Waals surface area contributed by atoms with Crippen molar-refractivity contribution >= 4 is 5.84 Å². The lowest BCUT2D eigenvalue weighted by molar-refractivity contribution is 0.470. The van der Waals surface area contributed by atoms with Crippen molar-refractivity contribution < 1.29 is 5.11 Å². The van der Waals surface area contributed by atoms with Crippen LogP contribution in [0, 0.1) is 0 Å². The van der Waals surface area contributed by atoms with Gasteiger partial charge in [-0.2, -0.15) is 0 Å². The molecule has 0 aliphatic rings. The zero-order chi connectivity index (χ0) is 16.0. The van der Waals surface area contributed by atoms with Crippen molar-refractivity contribution in [1.82, 2.24) is 5.32 Å². The lowest BCUT2D eigenvalue weighted by Crippen LogP contribution is -2.50. The smallest absolute Gasteiger partial charge is 0.115 e. The quantitative estimate of drug-likeness (QED) is 0.567. The fourth-order valence-corrected chi connectivity index (χ4v) is 2.04. The van der Waals surface area contributed by atoms with Gasteiger partial charge >= 0.3 is 0 Å². The molecule has 0 aliphatic carbocycles. The van der Waals surface area contributed by atoms with Crippen LogP contribution in [0.1, 0.15) is 25.0 Å². The highest BCUT2D eigenvalue weighted by Crippen LogP contribution is 2.12. The van der Waals surface area contributed by atoms with E-state index in [1.807, 2.05) is 56.3 Å². The summed E-state index contributed by atoms with van der Waals surface area (Å²) in [6.07, 6.45) is 0. The van der Waals surface area contributed by atoms with Crippen LogP contribution >= 0.6 is 0 Å². The Hall–Kier alpha value is -2.33. The molecule has 2 aromatic rings. The van der Waals surface area contributed by atoms with E-state index in [9.17, 15) is 5.11 Å². The van der Waals surface area contributed by atoms with Crippen LogP contribution < -0.4 is 11.1 Å². The summed E-state index contributed by atoms with van der Waals surface area (Å²) in [6.45, 7) is 5.19. The lowest BCUT2D eigenvalue weighted by Gasteiger charge is -2.26. The maximum atomic E-state index is 9.49. The summed E-state index contributed by atoms with van der Waals surface area (Å²) >= 11 is 0. The Morgan fingerprint density at radius 2 is 1.77 bits per heavy atom. The van der Waals surface area contributed by atoms with Gasteiger partial charge in [0.2, 0.25) is 0 Å². The standard InChI is InChI=1S/C18H23N3O/c1-18(2,21-13-15-9-6-10-16(22)11-15)17(19)20-12-14-7-4-3-5-8-14/h3-11,21-22H,12-13H2,1-2H3,(H2,19,20). The number of phenols is 1. The van der Waals surface area contributed by atoms with Gasteiger partial charge in [0.25, 0.3) is 0 Å². The van der Waals surface area contributed by atoms with Crippen molar-refractivity contribution in [2.45, 2.75) is 32.5 Å². The molecule has 0 fully saturated rings. The predicted octanol–water partition coefficient (Wildman–Crippen LogP) is 2.82. The Morgan fingerprint density at radius 3 is 2.45 bits per heavy atom. The van der Waals surface area contributed by atoms with Gasteiger partial charge in [-0.1, -0.05) is 42.5 Å². The summed E-state index contributed by atoms with van der Waals surface area (Å²) in [7, 11) is 0. The molecule has 0 saturated carbocycles. The van der Waals surface area contributed by atoms with E-state index >= 15 is 0 Å². The molecular weight excluding hydrogens is 274 g/mol. The number of hydrogen-bond acceptors (Lipinski definition) is 3. The second-order valence-corrected chi connectivity index (χ2v) is 5.84. The molecule has 0 heterocycles. The number of hydrogen-bond donors (Lipinski definition) is 3. The topological polar surface area (TPSA) is 70.6 Å². The molecule has 22 heavy (non-hydrogen) atoms. The number of aromatic hydroxyl groups is 1. The van der Waals surface area contributed by atoms with E-state index in [1.165, 1.54) is 0 Å². The molecule has 0 bridgehead atoms. The molecule has 2 rings (SSSR count). The zero-order valence-corrected chi connectivity index (χ0v) is 13.1. The molecule has 0 aliphatic heterocycles. The highest BCUT2D eigenvalue weighted by atomic mass is 16.3. The average molecular weight is 297 g/mol. The van der Waals surface area contributed by atoms with Crippen LogP contribution in [0.15, 0.2) is 59.6 Å². The van der Waals surface area contributed by atoms with Gasteiger partial charge in [0.15, 0.2) is 0 Å². The molecule has 0 amide bonds. The summed E-state index contributed by atoms with van der Waals surface area (Å²) in [5, 5.41) is 12.9. The lowest BCUT2D eigenvalue weighted by atomic mass is 10.0. The second kappa shape index (κ2) is 7.09. The van der Waals surface area contributed by atoms with E-state index in [2.05, 4.69) is 10.3 Å².